The van der Waals surface area contributed by atoms with Gasteiger partial charge in [-0.25, -0.2) is 0 Å². The minimum Gasteiger partial charge on any atom is -0.330 e. The van der Waals surface area contributed by atoms with Gasteiger partial charge in [-0.15, -0.1) is 5.10 Å². The van der Waals surface area contributed by atoms with Crippen molar-refractivity contribution in [3.8, 4) is 0 Å². The molecule has 0 bridgehead atoms. The van der Waals surface area contributed by atoms with Crippen molar-refractivity contribution in [3.05, 3.63) is 11.9 Å². The van der Waals surface area contributed by atoms with Crippen molar-refractivity contribution in [2.24, 2.45) is 24.1 Å². The first-order chi connectivity index (χ1) is 8.17. The molecule has 2 atom stereocenters. The van der Waals surface area contributed by atoms with Crippen LogP contribution in [0.1, 0.15) is 44.7 Å². The van der Waals surface area contributed by atoms with Gasteiger partial charge in [0.25, 0.3) is 0 Å². The highest BCUT2D eigenvalue weighted by molar-refractivity contribution is 5.01. The average Bonchev–Trinajstić information content (AvgIpc) is 2.75. The minimum absolute atomic E-state index is 0.273. The van der Waals surface area contributed by atoms with Crippen molar-refractivity contribution in [2.75, 3.05) is 6.54 Å². The molecule has 0 saturated heterocycles. The summed E-state index contributed by atoms with van der Waals surface area (Å²) in [5.41, 5.74) is 7.42. The minimum atomic E-state index is 0.273. The zero-order valence-electron chi connectivity index (χ0n) is 11.0. The van der Waals surface area contributed by atoms with E-state index >= 15 is 0 Å². The summed E-state index contributed by atoms with van der Waals surface area (Å²) in [6.45, 7) is 3.07. The summed E-state index contributed by atoms with van der Waals surface area (Å²) in [5.74, 6) is 0.851. The molecule has 17 heavy (non-hydrogen) atoms. The molecule has 2 rings (SSSR count). The molecule has 0 spiro atoms. The standard InChI is InChI=1S/C13H24N4/c1-3-11-5-4-6-13(7-11,10-14)8-12-9-17(2)16-15-12/h9,11H,3-8,10,14H2,1-2H3. The SMILES string of the molecule is CCC1CCCC(CN)(Cc2cn(C)nn2)C1. The third kappa shape index (κ3) is 2.86. The Morgan fingerprint density at radius 3 is 3.00 bits per heavy atom. The maximum absolute atomic E-state index is 6.05. The second-order valence-electron chi connectivity index (χ2n) is 5.64. The van der Waals surface area contributed by atoms with Crippen LogP contribution in [0.5, 0.6) is 0 Å². The lowest BCUT2D eigenvalue weighted by atomic mass is 9.67. The highest BCUT2D eigenvalue weighted by Gasteiger charge is 2.35. The van der Waals surface area contributed by atoms with Crippen LogP contribution in [-0.2, 0) is 13.5 Å². The highest BCUT2D eigenvalue weighted by atomic mass is 15.4. The van der Waals surface area contributed by atoms with Gasteiger partial charge in [0.2, 0.25) is 0 Å². The molecular weight excluding hydrogens is 212 g/mol. The molecule has 4 nitrogen and oxygen atoms in total. The molecule has 0 aliphatic heterocycles. The van der Waals surface area contributed by atoms with Crippen molar-refractivity contribution in [1.82, 2.24) is 15.0 Å². The van der Waals surface area contributed by atoms with E-state index in [1.165, 1.54) is 32.1 Å². The number of aryl methyl sites for hydroxylation is 1. The number of nitrogens with two attached hydrogens (primary N) is 1. The molecule has 1 saturated carbocycles. The normalized spacial score (nSPS) is 29.5. The van der Waals surface area contributed by atoms with Gasteiger partial charge in [0.15, 0.2) is 0 Å². The summed E-state index contributed by atoms with van der Waals surface area (Å²) >= 11 is 0. The van der Waals surface area contributed by atoms with Crippen LogP contribution in [0.3, 0.4) is 0 Å². The molecule has 2 N–H and O–H groups in total. The molecule has 1 heterocycles. The van der Waals surface area contributed by atoms with E-state index in [0.29, 0.717) is 0 Å². The van der Waals surface area contributed by atoms with Crippen molar-refractivity contribution in [3.63, 3.8) is 0 Å². The number of hydrogen-bond donors (Lipinski definition) is 1. The third-order valence-corrected chi connectivity index (χ3v) is 4.26. The van der Waals surface area contributed by atoms with Crippen LogP contribution in [0.15, 0.2) is 6.20 Å². The Labute approximate surface area is 104 Å². The van der Waals surface area contributed by atoms with Gasteiger partial charge in [-0.2, -0.15) is 0 Å². The van der Waals surface area contributed by atoms with E-state index < -0.39 is 0 Å². The first kappa shape index (κ1) is 12.6. The smallest absolute Gasteiger partial charge is 0.0833 e. The first-order valence-corrected chi connectivity index (χ1v) is 6.73. The van der Waals surface area contributed by atoms with E-state index in [2.05, 4.69) is 17.2 Å². The molecule has 1 fully saturated rings. The quantitative estimate of drug-likeness (QED) is 0.868. The van der Waals surface area contributed by atoms with Crippen LogP contribution in [0, 0.1) is 11.3 Å². The Morgan fingerprint density at radius 2 is 2.41 bits per heavy atom. The average molecular weight is 236 g/mol. The van der Waals surface area contributed by atoms with Gasteiger partial charge in [-0.05, 0) is 37.1 Å². The summed E-state index contributed by atoms with van der Waals surface area (Å²) in [7, 11) is 1.92. The Kier molecular flexibility index (Phi) is 3.82. The lowest BCUT2D eigenvalue weighted by molar-refractivity contribution is 0.141. The second-order valence-corrected chi connectivity index (χ2v) is 5.64. The van der Waals surface area contributed by atoms with E-state index in [-0.39, 0.29) is 5.41 Å². The first-order valence-electron chi connectivity index (χ1n) is 6.73. The Balaban J connectivity index is 2.08. The molecular formula is C13H24N4. The fourth-order valence-corrected chi connectivity index (χ4v) is 3.21. The molecule has 0 radical (unpaired) electrons. The fraction of sp³-hybridized carbons (Fsp3) is 0.846. The lowest BCUT2D eigenvalue weighted by Crippen LogP contribution is -2.37. The number of nitrogens with zero attached hydrogens (tertiary/aromatic N) is 3. The van der Waals surface area contributed by atoms with Gasteiger partial charge >= 0.3 is 0 Å². The zero-order valence-corrected chi connectivity index (χ0v) is 11.0. The van der Waals surface area contributed by atoms with Gasteiger partial charge < -0.3 is 5.73 Å². The van der Waals surface area contributed by atoms with Crippen molar-refractivity contribution < 1.29 is 0 Å². The molecule has 1 aliphatic rings. The van der Waals surface area contributed by atoms with Crippen LogP contribution in [0.4, 0.5) is 0 Å². The predicted molar refractivity (Wildman–Crippen MR) is 68.4 cm³/mol. The number of hydrogen-bond acceptors (Lipinski definition) is 3. The van der Waals surface area contributed by atoms with E-state index in [0.717, 1.165) is 24.6 Å². The second kappa shape index (κ2) is 5.17. The van der Waals surface area contributed by atoms with Gasteiger partial charge in [-0.1, -0.05) is 31.4 Å². The zero-order chi connectivity index (χ0) is 12.3. The summed E-state index contributed by atoms with van der Waals surface area (Å²) in [6.07, 6.45) is 9.49. The topological polar surface area (TPSA) is 56.7 Å². The van der Waals surface area contributed by atoms with E-state index in [4.69, 9.17) is 5.73 Å². The summed E-state index contributed by atoms with van der Waals surface area (Å²) in [6, 6.07) is 0. The van der Waals surface area contributed by atoms with Crippen molar-refractivity contribution in [2.45, 2.75) is 45.4 Å². The van der Waals surface area contributed by atoms with E-state index in [1.807, 2.05) is 13.2 Å². The molecule has 1 aromatic heterocycles. The maximum atomic E-state index is 6.05. The monoisotopic (exact) mass is 236 g/mol. The van der Waals surface area contributed by atoms with E-state index in [1.54, 1.807) is 4.68 Å². The predicted octanol–water partition coefficient (Wildman–Crippen LogP) is 1.90. The van der Waals surface area contributed by atoms with Crippen molar-refractivity contribution in [1.29, 1.82) is 0 Å². The molecule has 4 heteroatoms. The Morgan fingerprint density at radius 1 is 1.59 bits per heavy atom. The summed E-state index contributed by atoms with van der Waals surface area (Å²) in [4.78, 5) is 0. The van der Waals surface area contributed by atoms with Crippen LogP contribution < -0.4 is 5.73 Å². The number of rotatable bonds is 4. The molecule has 1 aliphatic carbocycles. The number of aromatic nitrogens is 3. The van der Waals surface area contributed by atoms with Gasteiger partial charge in [-0.3, -0.25) is 4.68 Å². The molecule has 1 aromatic rings. The van der Waals surface area contributed by atoms with Crippen LogP contribution in [0.25, 0.3) is 0 Å². The fourth-order valence-electron chi connectivity index (χ4n) is 3.21. The van der Waals surface area contributed by atoms with Crippen LogP contribution in [0.2, 0.25) is 0 Å². The Bertz CT molecular complexity index is 360. The van der Waals surface area contributed by atoms with E-state index in [9.17, 15) is 0 Å². The molecule has 0 amide bonds. The summed E-state index contributed by atoms with van der Waals surface area (Å²) < 4.78 is 1.78. The lowest BCUT2D eigenvalue weighted by Gasteiger charge is -2.39. The molecule has 2 unspecified atom stereocenters. The maximum Gasteiger partial charge on any atom is 0.0833 e. The molecule has 96 valence electrons. The highest BCUT2D eigenvalue weighted by Crippen LogP contribution is 2.42. The van der Waals surface area contributed by atoms with Gasteiger partial charge in [0.05, 0.1) is 5.69 Å². The molecule has 0 aromatic carbocycles. The van der Waals surface area contributed by atoms with Gasteiger partial charge in [0, 0.05) is 13.2 Å². The third-order valence-electron chi connectivity index (χ3n) is 4.26. The van der Waals surface area contributed by atoms with Crippen LogP contribution in [-0.4, -0.2) is 21.5 Å². The Hall–Kier alpha value is -0.900. The van der Waals surface area contributed by atoms with Crippen LogP contribution >= 0.6 is 0 Å². The largest absolute Gasteiger partial charge is 0.330 e. The summed E-state index contributed by atoms with van der Waals surface area (Å²) in [5, 5.41) is 8.22. The van der Waals surface area contributed by atoms with Gasteiger partial charge in [0.1, 0.15) is 0 Å². The van der Waals surface area contributed by atoms with Crippen molar-refractivity contribution >= 4 is 0 Å².